The van der Waals surface area contributed by atoms with Crippen molar-refractivity contribution in [2.24, 2.45) is 0 Å². The summed E-state index contributed by atoms with van der Waals surface area (Å²) in [6.45, 7) is -0.218. The van der Waals surface area contributed by atoms with Crippen LogP contribution in [0.1, 0.15) is 0 Å². The second-order valence-corrected chi connectivity index (χ2v) is 9.65. The minimum absolute atomic E-state index is 0.152. The molecule has 0 aliphatic rings. The van der Waals surface area contributed by atoms with E-state index >= 15 is 0 Å². The Labute approximate surface area is 143 Å². The minimum Gasteiger partial charge on any atom is -0.283 e. The maximum absolute atomic E-state index is 12.1. The molecule has 8 nitrogen and oxygen atoms in total. The van der Waals surface area contributed by atoms with Crippen LogP contribution in [0.25, 0.3) is 5.52 Å². The van der Waals surface area contributed by atoms with Gasteiger partial charge < -0.3 is 0 Å². The number of nitrogens with one attached hydrogen (secondary N) is 2. The van der Waals surface area contributed by atoms with Gasteiger partial charge in [-0.3, -0.25) is 4.72 Å². The predicted molar refractivity (Wildman–Crippen MR) is 92.1 cm³/mol. The number of anilines is 1. The van der Waals surface area contributed by atoms with Gasteiger partial charge in [-0.05, 0) is 29.6 Å². The Morgan fingerprint density at radius 2 is 2.00 bits per heavy atom. The summed E-state index contributed by atoms with van der Waals surface area (Å²) in [5, 5.41) is 5.66. The number of pyridine rings is 1. The van der Waals surface area contributed by atoms with Crippen molar-refractivity contribution in [3.05, 3.63) is 48.1 Å². The Kier molecular flexibility index (Phi) is 4.58. The van der Waals surface area contributed by atoms with E-state index in [1.807, 2.05) is 0 Å². The number of thiophene rings is 1. The van der Waals surface area contributed by atoms with Crippen molar-refractivity contribution in [1.82, 2.24) is 14.3 Å². The first-order valence-corrected chi connectivity index (χ1v) is 10.8. The van der Waals surface area contributed by atoms with Crippen LogP contribution >= 0.6 is 11.3 Å². The van der Waals surface area contributed by atoms with Gasteiger partial charge in [0.05, 0.1) is 17.0 Å². The Balaban J connectivity index is 1.61. The molecule has 0 bridgehead atoms. The molecule has 3 aromatic rings. The van der Waals surface area contributed by atoms with E-state index in [2.05, 4.69) is 14.5 Å². The van der Waals surface area contributed by atoms with Crippen molar-refractivity contribution in [2.75, 3.05) is 17.0 Å². The van der Waals surface area contributed by atoms with Gasteiger partial charge in [0.25, 0.3) is 0 Å². The molecule has 128 valence electrons. The van der Waals surface area contributed by atoms with E-state index < -0.39 is 20.0 Å². The summed E-state index contributed by atoms with van der Waals surface area (Å²) in [6, 6.07) is 8.03. The van der Waals surface area contributed by atoms with Gasteiger partial charge in [0.1, 0.15) is 4.21 Å². The van der Waals surface area contributed by atoms with Gasteiger partial charge in [-0.2, -0.15) is 5.10 Å². The Bertz CT molecular complexity index is 1040. The summed E-state index contributed by atoms with van der Waals surface area (Å²) in [6.07, 6.45) is 3.24. The Morgan fingerprint density at radius 3 is 2.75 bits per heavy atom. The molecule has 0 atom stereocenters. The summed E-state index contributed by atoms with van der Waals surface area (Å²) in [4.78, 5) is 0. The lowest BCUT2D eigenvalue weighted by atomic mass is 10.4. The number of fused-ring (bicyclic) bond motifs is 1. The first-order valence-electron chi connectivity index (χ1n) is 6.83. The van der Waals surface area contributed by atoms with Gasteiger partial charge in [-0.25, -0.2) is 26.1 Å². The van der Waals surface area contributed by atoms with Gasteiger partial charge in [0.15, 0.2) is 0 Å². The van der Waals surface area contributed by atoms with E-state index in [1.165, 1.54) is 6.07 Å². The third kappa shape index (κ3) is 3.93. The molecule has 0 aliphatic carbocycles. The monoisotopic (exact) mass is 386 g/mol. The van der Waals surface area contributed by atoms with Crippen molar-refractivity contribution in [1.29, 1.82) is 0 Å². The summed E-state index contributed by atoms with van der Waals surface area (Å²) in [5.74, 6) is -0.373. The molecule has 0 saturated heterocycles. The fraction of sp³-hybridized carbons (Fsp3) is 0.154. The summed E-state index contributed by atoms with van der Waals surface area (Å²) in [7, 11) is -7.35. The maximum Gasteiger partial charge on any atom is 0.250 e. The molecular formula is C13H14N4O4S3. The SMILES string of the molecule is O=S(=O)(CCNS(=O)(=O)c1cccs1)Nc1ccn2nccc2c1. The number of nitrogens with zero attached hydrogens (tertiary/aromatic N) is 2. The molecule has 11 heteroatoms. The van der Waals surface area contributed by atoms with Crippen molar-refractivity contribution in [3.8, 4) is 0 Å². The zero-order chi connectivity index (χ0) is 17.2. The lowest BCUT2D eigenvalue weighted by molar-refractivity contribution is 0.584. The fourth-order valence-corrected chi connectivity index (χ4v) is 5.17. The molecule has 0 aromatic carbocycles. The molecule has 0 aliphatic heterocycles. The van der Waals surface area contributed by atoms with Crippen LogP contribution in [0.5, 0.6) is 0 Å². The van der Waals surface area contributed by atoms with Crippen LogP contribution in [0, 0.1) is 0 Å². The van der Waals surface area contributed by atoms with Gasteiger partial charge >= 0.3 is 0 Å². The summed E-state index contributed by atoms with van der Waals surface area (Å²) >= 11 is 1.07. The Hall–Kier alpha value is -1.95. The van der Waals surface area contributed by atoms with E-state index in [0.29, 0.717) is 5.69 Å². The van der Waals surface area contributed by atoms with Gasteiger partial charge in [0, 0.05) is 18.9 Å². The normalized spacial score (nSPS) is 12.5. The lowest BCUT2D eigenvalue weighted by Gasteiger charge is -2.09. The molecule has 3 aromatic heterocycles. The summed E-state index contributed by atoms with van der Waals surface area (Å²) < 4.78 is 54.5. The average molecular weight is 386 g/mol. The molecule has 0 spiro atoms. The average Bonchev–Trinajstić information content (AvgIpc) is 3.17. The molecule has 0 unspecified atom stereocenters. The van der Waals surface area contributed by atoms with E-state index in [4.69, 9.17) is 0 Å². The van der Waals surface area contributed by atoms with Crippen LogP contribution in [0.3, 0.4) is 0 Å². The number of hydrogen-bond acceptors (Lipinski definition) is 6. The van der Waals surface area contributed by atoms with Crippen LogP contribution in [-0.2, 0) is 20.0 Å². The quantitative estimate of drug-likeness (QED) is 0.632. The van der Waals surface area contributed by atoms with Crippen molar-refractivity contribution >= 4 is 42.6 Å². The highest BCUT2D eigenvalue weighted by Crippen LogP contribution is 2.15. The van der Waals surface area contributed by atoms with Gasteiger partial charge in [-0.1, -0.05) is 6.07 Å². The molecule has 3 rings (SSSR count). The van der Waals surface area contributed by atoms with E-state index in [-0.39, 0.29) is 16.5 Å². The van der Waals surface area contributed by atoms with E-state index in [1.54, 1.807) is 46.6 Å². The molecule has 0 radical (unpaired) electrons. The standard InChI is InChI=1S/C13H14N4O4S3/c18-23(19,9-6-15-24(20,21)13-2-1-8-22-13)16-11-4-7-17-12(10-11)3-5-14-17/h1-5,7-8,10,15-16H,6,9H2. The molecule has 2 N–H and O–H groups in total. The lowest BCUT2D eigenvalue weighted by Crippen LogP contribution is -2.30. The molecule has 0 saturated carbocycles. The number of rotatable bonds is 7. The number of sulfonamides is 2. The van der Waals surface area contributed by atoms with Crippen molar-refractivity contribution in [3.63, 3.8) is 0 Å². The smallest absolute Gasteiger partial charge is 0.250 e. The van der Waals surface area contributed by atoms with Crippen LogP contribution in [-0.4, -0.2) is 38.7 Å². The highest BCUT2D eigenvalue weighted by molar-refractivity contribution is 7.93. The Morgan fingerprint density at radius 1 is 1.17 bits per heavy atom. The third-order valence-electron chi connectivity index (χ3n) is 3.10. The third-order valence-corrected chi connectivity index (χ3v) is 7.24. The predicted octanol–water partition coefficient (Wildman–Crippen LogP) is 1.12. The van der Waals surface area contributed by atoms with E-state index in [0.717, 1.165) is 16.9 Å². The van der Waals surface area contributed by atoms with Gasteiger partial charge in [-0.15, -0.1) is 11.3 Å². The number of hydrogen-bond donors (Lipinski definition) is 2. The minimum atomic E-state index is -3.68. The topological polar surface area (TPSA) is 110 Å². The highest BCUT2D eigenvalue weighted by atomic mass is 32.2. The molecule has 0 amide bonds. The largest absolute Gasteiger partial charge is 0.283 e. The van der Waals surface area contributed by atoms with Crippen LogP contribution in [0.4, 0.5) is 5.69 Å². The number of aromatic nitrogens is 2. The molecular weight excluding hydrogens is 372 g/mol. The van der Waals surface area contributed by atoms with Crippen molar-refractivity contribution < 1.29 is 16.8 Å². The second-order valence-electron chi connectivity index (χ2n) is 4.87. The zero-order valence-corrected chi connectivity index (χ0v) is 14.7. The second kappa shape index (κ2) is 6.51. The first-order chi connectivity index (χ1) is 11.4. The molecule has 0 fully saturated rings. The zero-order valence-electron chi connectivity index (χ0n) is 12.3. The fourth-order valence-electron chi connectivity index (χ4n) is 2.01. The molecule has 3 heterocycles. The van der Waals surface area contributed by atoms with E-state index in [9.17, 15) is 16.8 Å². The molecule has 24 heavy (non-hydrogen) atoms. The van der Waals surface area contributed by atoms with Crippen LogP contribution in [0.2, 0.25) is 0 Å². The highest BCUT2D eigenvalue weighted by Gasteiger charge is 2.17. The van der Waals surface area contributed by atoms with Crippen molar-refractivity contribution in [2.45, 2.75) is 4.21 Å². The first kappa shape index (κ1) is 16.9. The van der Waals surface area contributed by atoms with Crippen LogP contribution in [0.15, 0.2) is 52.3 Å². The maximum atomic E-state index is 12.1. The van der Waals surface area contributed by atoms with Crippen LogP contribution < -0.4 is 9.44 Å². The van der Waals surface area contributed by atoms with Gasteiger partial charge in [0.2, 0.25) is 20.0 Å². The summed E-state index contributed by atoms with van der Waals surface area (Å²) in [5.41, 5.74) is 1.14.